The fourth-order valence-corrected chi connectivity index (χ4v) is 2.62. The van der Waals surface area contributed by atoms with E-state index in [1.54, 1.807) is 12.2 Å². The first kappa shape index (κ1) is 18.3. The van der Waals surface area contributed by atoms with Gasteiger partial charge in [-0.2, -0.15) is 13.2 Å². The number of rotatable bonds is 5. The van der Waals surface area contributed by atoms with Crippen LogP contribution in [-0.4, -0.2) is 4.98 Å². The Bertz CT molecular complexity index is 902. The summed E-state index contributed by atoms with van der Waals surface area (Å²) in [5.41, 5.74) is 1.62. The summed E-state index contributed by atoms with van der Waals surface area (Å²) in [6.07, 6.45) is 0.473. The molecule has 0 fully saturated rings. The summed E-state index contributed by atoms with van der Waals surface area (Å²) < 4.78 is 43.9. The van der Waals surface area contributed by atoms with E-state index in [2.05, 4.69) is 26.2 Å². The quantitative estimate of drug-likeness (QED) is 0.528. The minimum atomic E-state index is -4.33. The average molecular weight is 423 g/mol. The number of hydrogen-bond donors (Lipinski definition) is 1. The third-order valence-electron chi connectivity index (χ3n) is 3.52. The molecule has 0 radical (unpaired) electrons. The van der Waals surface area contributed by atoms with E-state index >= 15 is 0 Å². The Morgan fingerprint density at radius 2 is 1.85 bits per heavy atom. The number of hydrogen-bond acceptors (Lipinski definition) is 3. The topological polar surface area (TPSA) is 38.1 Å². The van der Waals surface area contributed by atoms with E-state index in [0.29, 0.717) is 18.0 Å². The van der Waals surface area contributed by atoms with Crippen molar-refractivity contribution < 1.29 is 17.6 Å². The first-order valence-corrected chi connectivity index (χ1v) is 8.49. The van der Waals surface area contributed by atoms with Gasteiger partial charge in [0.25, 0.3) is 0 Å². The molecular formula is C19H14BrF3N2O. The molecule has 0 amide bonds. The van der Waals surface area contributed by atoms with E-state index in [0.717, 1.165) is 28.0 Å². The first-order chi connectivity index (χ1) is 12.4. The van der Waals surface area contributed by atoms with Gasteiger partial charge in [-0.05, 0) is 42.0 Å². The largest absolute Gasteiger partial charge is 0.445 e. The van der Waals surface area contributed by atoms with E-state index in [-0.39, 0.29) is 0 Å². The van der Waals surface area contributed by atoms with Gasteiger partial charge in [-0.15, -0.1) is 0 Å². The van der Waals surface area contributed by atoms with Crippen LogP contribution in [0.1, 0.15) is 22.7 Å². The number of oxazole rings is 1. The summed E-state index contributed by atoms with van der Waals surface area (Å²) in [5, 5.41) is 3.23. The summed E-state index contributed by atoms with van der Waals surface area (Å²) >= 11 is 3.40. The van der Waals surface area contributed by atoms with Crippen LogP contribution >= 0.6 is 15.9 Å². The lowest BCUT2D eigenvalue weighted by molar-refractivity contribution is -0.137. The van der Waals surface area contributed by atoms with Crippen molar-refractivity contribution in [2.75, 3.05) is 5.32 Å². The number of alkyl halides is 3. The highest BCUT2D eigenvalue weighted by atomic mass is 79.9. The van der Waals surface area contributed by atoms with Crippen molar-refractivity contribution in [3.63, 3.8) is 0 Å². The second-order valence-corrected chi connectivity index (χ2v) is 6.41. The number of anilines is 1. The molecule has 0 spiro atoms. The van der Waals surface area contributed by atoms with Gasteiger partial charge in [-0.25, -0.2) is 4.98 Å². The van der Waals surface area contributed by atoms with E-state index in [1.807, 2.05) is 24.3 Å². The highest BCUT2D eigenvalue weighted by molar-refractivity contribution is 9.10. The SMILES string of the molecule is FC(F)(F)c1ccc(/C=C/c2nc(CNc3cccc(Br)c3)co2)cc1. The zero-order valence-electron chi connectivity index (χ0n) is 13.4. The minimum absolute atomic E-state index is 0.385. The van der Waals surface area contributed by atoms with Crippen LogP contribution in [0.15, 0.2) is 63.7 Å². The molecule has 3 rings (SSSR count). The number of halogens is 4. The maximum atomic E-state index is 12.5. The summed E-state index contributed by atoms with van der Waals surface area (Å²) in [4.78, 5) is 4.31. The van der Waals surface area contributed by atoms with Gasteiger partial charge in [0.15, 0.2) is 0 Å². The van der Waals surface area contributed by atoms with Gasteiger partial charge < -0.3 is 9.73 Å². The monoisotopic (exact) mass is 422 g/mol. The van der Waals surface area contributed by atoms with Crippen LogP contribution in [0.25, 0.3) is 12.2 Å². The fraction of sp³-hybridized carbons (Fsp3) is 0.105. The van der Waals surface area contributed by atoms with Crippen LogP contribution in [0.4, 0.5) is 18.9 Å². The molecule has 3 nitrogen and oxygen atoms in total. The predicted octanol–water partition coefficient (Wildman–Crippen LogP) is 6.24. The Hall–Kier alpha value is -2.54. The molecule has 7 heteroatoms. The van der Waals surface area contributed by atoms with Crippen molar-refractivity contribution in [3.05, 3.63) is 82.0 Å². The van der Waals surface area contributed by atoms with E-state index < -0.39 is 11.7 Å². The summed E-state index contributed by atoms with van der Waals surface area (Å²) in [7, 11) is 0. The highest BCUT2D eigenvalue weighted by Gasteiger charge is 2.29. The maximum Gasteiger partial charge on any atom is 0.416 e. The number of nitrogens with one attached hydrogen (secondary N) is 1. The summed E-state index contributed by atoms with van der Waals surface area (Å²) in [5.74, 6) is 0.385. The van der Waals surface area contributed by atoms with Crippen LogP contribution in [0.2, 0.25) is 0 Å². The van der Waals surface area contributed by atoms with Crippen molar-refractivity contribution in [2.24, 2.45) is 0 Å². The lowest BCUT2D eigenvalue weighted by Gasteiger charge is -2.05. The Kier molecular flexibility index (Phi) is 5.46. The average Bonchev–Trinajstić information content (AvgIpc) is 3.06. The number of aromatic nitrogens is 1. The molecule has 0 aliphatic heterocycles. The van der Waals surface area contributed by atoms with Gasteiger partial charge in [-0.1, -0.05) is 34.1 Å². The van der Waals surface area contributed by atoms with Crippen LogP contribution in [0.3, 0.4) is 0 Å². The molecule has 0 saturated carbocycles. The van der Waals surface area contributed by atoms with Gasteiger partial charge in [0.1, 0.15) is 6.26 Å². The van der Waals surface area contributed by atoms with Crippen molar-refractivity contribution in [3.8, 4) is 0 Å². The normalized spacial score (nSPS) is 11.8. The van der Waals surface area contributed by atoms with Gasteiger partial charge in [-0.3, -0.25) is 0 Å². The van der Waals surface area contributed by atoms with Gasteiger partial charge in [0.2, 0.25) is 5.89 Å². The van der Waals surface area contributed by atoms with Crippen molar-refractivity contribution >= 4 is 33.8 Å². The van der Waals surface area contributed by atoms with Crippen LogP contribution in [-0.2, 0) is 12.7 Å². The molecule has 1 N–H and O–H groups in total. The van der Waals surface area contributed by atoms with Crippen molar-refractivity contribution in [1.82, 2.24) is 4.98 Å². The van der Waals surface area contributed by atoms with Gasteiger partial charge in [0.05, 0.1) is 17.8 Å². The zero-order valence-corrected chi connectivity index (χ0v) is 15.0. The standard InChI is InChI=1S/C19H14BrF3N2O/c20-15-2-1-3-16(10-15)24-11-17-12-26-18(25-17)9-6-13-4-7-14(8-5-13)19(21,22)23/h1-10,12,24H,11H2/b9-6+. The molecule has 0 unspecified atom stereocenters. The van der Waals surface area contributed by atoms with Crippen molar-refractivity contribution in [1.29, 1.82) is 0 Å². The Morgan fingerprint density at radius 3 is 2.54 bits per heavy atom. The van der Waals surface area contributed by atoms with E-state index in [4.69, 9.17) is 4.42 Å². The highest BCUT2D eigenvalue weighted by Crippen LogP contribution is 2.29. The van der Waals surface area contributed by atoms with Crippen molar-refractivity contribution in [2.45, 2.75) is 12.7 Å². The Morgan fingerprint density at radius 1 is 1.08 bits per heavy atom. The third-order valence-corrected chi connectivity index (χ3v) is 4.02. The second kappa shape index (κ2) is 7.78. The first-order valence-electron chi connectivity index (χ1n) is 7.69. The van der Waals surface area contributed by atoms with Crippen LogP contribution < -0.4 is 5.32 Å². The Labute approximate surface area is 156 Å². The molecular weight excluding hydrogens is 409 g/mol. The molecule has 3 aromatic rings. The summed E-state index contributed by atoms with van der Waals surface area (Å²) in [6.45, 7) is 0.494. The lowest BCUT2D eigenvalue weighted by Crippen LogP contribution is -2.03. The van der Waals surface area contributed by atoms with Crippen LogP contribution in [0.5, 0.6) is 0 Å². The molecule has 0 aliphatic carbocycles. The molecule has 0 saturated heterocycles. The predicted molar refractivity (Wildman–Crippen MR) is 98.3 cm³/mol. The van der Waals surface area contributed by atoms with E-state index in [1.165, 1.54) is 18.4 Å². The molecule has 134 valence electrons. The van der Waals surface area contributed by atoms with Gasteiger partial charge in [0, 0.05) is 16.2 Å². The molecule has 1 aromatic heterocycles. The lowest BCUT2D eigenvalue weighted by atomic mass is 10.1. The molecule has 1 heterocycles. The fourth-order valence-electron chi connectivity index (χ4n) is 2.22. The number of nitrogens with zero attached hydrogens (tertiary/aromatic N) is 1. The molecule has 2 aromatic carbocycles. The number of benzene rings is 2. The summed E-state index contributed by atoms with van der Waals surface area (Å²) in [6, 6.07) is 12.6. The second-order valence-electron chi connectivity index (χ2n) is 5.49. The Balaban J connectivity index is 1.60. The molecule has 0 aliphatic rings. The molecule has 26 heavy (non-hydrogen) atoms. The third kappa shape index (κ3) is 4.98. The van der Waals surface area contributed by atoms with Crippen LogP contribution in [0, 0.1) is 0 Å². The maximum absolute atomic E-state index is 12.5. The molecule has 0 bridgehead atoms. The zero-order chi connectivity index (χ0) is 18.6. The minimum Gasteiger partial charge on any atom is -0.445 e. The van der Waals surface area contributed by atoms with Gasteiger partial charge >= 0.3 is 6.18 Å². The molecule has 0 atom stereocenters. The van der Waals surface area contributed by atoms with E-state index in [9.17, 15) is 13.2 Å². The smallest absolute Gasteiger partial charge is 0.416 e.